The molecule has 2 unspecified atom stereocenters. The second-order valence-corrected chi connectivity index (χ2v) is 9.14. The monoisotopic (exact) mass is 465 g/mol. The molecule has 1 aromatic rings. The number of hydrogen-bond acceptors (Lipinski definition) is 6. The molecule has 1 rings (SSSR count). The van der Waals surface area contributed by atoms with Crippen LogP contribution >= 0.6 is 12.6 Å². The van der Waals surface area contributed by atoms with Gasteiger partial charge in [0.1, 0.15) is 23.4 Å². The molecule has 0 spiro atoms. The molecule has 3 N–H and O–H groups in total. The average Bonchev–Trinajstić information content (AvgIpc) is 2.66. The number of phenols is 1. The topological polar surface area (TPSA) is 108 Å². The number of benzene rings is 1. The molecule has 0 radical (unpaired) electrons. The maximum atomic E-state index is 13.5. The quantitative estimate of drug-likeness (QED) is 0.331. The Morgan fingerprint density at radius 2 is 1.88 bits per heavy atom. The third kappa shape index (κ3) is 8.11. The Hall–Kier alpha value is -2.68. The number of alkyl carbamates (subject to hydrolysis) is 1. The van der Waals surface area contributed by atoms with Crippen molar-refractivity contribution in [3.63, 3.8) is 0 Å². The Morgan fingerprint density at radius 3 is 2.34 bits per heavy atom. The van der Waals surface area contributed by atoms with E-state index in [1.165, 1.54) is 17.0 Å². The Kier molecular flexibility index (Phi) is 10.1. The van der Waals surface area contributed by atoms with Crippen LogP contribution in [0.2, 0.25) is 0 Å². The van der Waals surface area contributed by atoms with Gasteiger partial charge in [-0.1, -0.05) is 12.1 Å². The van der Waals surface area contributed by atoms with Crippen LogP contribution in [-0.4, -0.2) is 57.9 Å². The number of amides is 3. The molecule has 0 fully saturated rings. The van der Waals surface area contributed by atoms with E-state index in [9.17, 15) is 19.5 Å². The largest absolute Gasteiger partial charge is 0.508 e. The van der Waals surface area contributed by atoms with Gasteiger partial charge in [-0.3, -0.25) is 9.59 Å². The fraction of sp³-hybridized carbons (Fsp3) is 0.522. The van der Waals surface area contributed by atoms with E-state index >= 15 is 0 Å². The number of thiol groups is 1. The molecule has 0 saturated heterocycles. The van der Waals surface area contributed by atoms with Gasteiger partial charge in [0.05, 0.1) is 0 Å². The molecule has 0 aliphatic carbocycles. The third-order valence-electron chi connectivity index (χ3n) is 4.31. The van der Waals surface area contributed by atoms with Crippen LogP contribution in [0.4, 0.5) is 4.79 Å². The van der Waals surface area contributed by atoms with Crippen LogP contribution in [0.25, 0.3) is 0 Å². The summed E-state index contributed by atoms with van der Waals surface area (Å²) in [5.74, 6) is -0.826. The molecule has 0 aliphatic rings. The standard InChI is InChI=1S/C23H35N3O5S/c1-8-11-26(21(29)17(13-32)25-22(30)31-23(5,6)7)19(20(28)24-14(2)3)16-9-10-18(27)15(4)12-16/h8-10,12,14,17,19,27,32H,1,11,13H2,2-7H3,(H,24,28)(H,25,30). The second-order valence-electron chi connectivity index (χ2n) is 8.77. The summed E-state index contributed by atoms with van der Waals surface area (Å²) < 4.78 is 5.25. The first kappa shape index (κ1) is 27.4. The molecule has 1 aromatic carbocycles. The molecule has 2 atom stereocenters. The van der Waals surface area contributed by atoms with Crippen LogP contribution in [0.15, 0.2) is 30.9 Å². The zero-order valence-electron chi connectivity index (χ0n) is 19.6. The lowest BCUT2D eigenvalue weighted by Gasteiger charge is -2.34. The molecule has 0 saturated carbocycles. The molecular weight excluding hydrogens is 430 g/mol. The second kappa shape index (κ2) is 11.8. The molecule has 0 aliphatic heterocycles. The summed E-state index contributed by atoms with van der Waals surface area (Å²) in [6.07, 6.45) is 0.747. The minimum atomic E-state index is -1.03. The zero-order chi connectivity index (χ0) is 24.6. The molecule has 8 nitrogen and oxygen atoms in total. The van der Waals surface area contributed by atoms with Crippen LogP contribution < -0.4 is 10.6 Å². The highest BCUT2D eigenvalue weighted by Gasteiger charge is 2.35. The van der Waals surface area contributed by atoms with E-state index < -0.39 is 35.6 Å². The number of phenolic OH excluding ortho intramolecular Hbond substituents is 1. The van der Waals surface area contributed by atoms with Crippen molar-refractivity contribution in [1.29, 1.82) is 0 Å². The lowest BCUT2D eigenvalue weighted by atomic mass is 10.00. The molecule has 9 heteroatoms. The molecule has 0 aromatic heterocycles. The number of nitrogens with one attached hydrogen (secondary N) is 2. The van der Waals surface area contributed by atoms with Crippen molar-refractivity contribution in [1.82, 2.24) is 15.5 Å². The van der Waals surface area contributed by atoms with E-state index in [-0.39, 0.29) is 24.1 Å². The van der Waals surface area contributed by atoms with E-state index in [0.29, 0.717) is 11.1 Å². The number of ether oxygens (including phenoxy) is 1. The number of carbonyl (C=O) groups is 3. The van der Waals surface area contributed by atoms with E-state index in [4.69, 9.17) is 4.74 Å². The molecule has 0 heterocycles. The first-order chi connectivity index (χ1) is 14.8. The van der Waals surface area contributed by atoms with Crippen LogP contribution in [0.5, 0.6) is 5.75 Å². The van der Waals surface area contributed by atoms with Gasteiger partial charge in [-0.05, 0) is 64.8 Å². The number of hydrogen-bond donors (Lipinski definition) is 4. The summed E-state index contributed by atoms with van der Waals surface area (Å²) in [7, 11) is 0. The van der Waals surface area contributed by atoms with Gasteiger partial charge in [0.25, 0.3) is 0 Å². The SMILES string of the molecule is C=CCN(C(=O)C(CS)NC(=O)OC(C)(C)C)C(C(=O)NC(C)C)c1ccc(O)c(C)c1. The van der Waals surface area contributed by atoms with E-state index in [1.807, 2.05) is 13.8 Å². The van der Waals surface area contributed by atoms with Gasteiger partial charge in [0, 0.05) is 18.3 Å². The van der Waals surface area contributed by atoms with Gasteiger partial charge in [-0.15, -0.1) is 6.58 Å². The molecule has 178 valence electrons. The molecule has 32 heavy (non-hydrogen) atoms. The summed E-state index contributed by atoms with van der Waals surface area (Å²) in [6.45, 7) is 14.2. The van der Waals surface area contributed by atoms with E-state index in [2.05, 4.69) is 29.8 Å². The normalized spacial score (nSPS) is 13.1. The Balaban J connectivity index is 3.37. The highest BCUT2D eigenvalue weighted by Crippen LogP contribution is 2.27. The lowest BCUT2D eigenvalue weighted by molar-refractivity contribution is -0.141. The minimum absolute atomic E-state index is 0.00115. The molecule has 3 amide bonds. The first-order valence-corrected chi connectivity index (χ1v) is 11.1. The molecule has 0 bridgehead atoms. The highest BCUT2D eigenvalue weighted by molar-refractivity contribution is 7.80. The van der Waals surface area contributed by atoms with E-state index in [0.717, 1.165) is 0 Å². The number of rotatable bonds is 9. The summed E-state index contributed by atoms with van der Waals surface area (Å²) in [6, 6.07) is 2.52. The highest BCUT2D eigenvalue weighted by atomic mass is 32.1. The maximum absolute atomic E-state index is 13.5. The van der Waals surface area contributed by atoms with Crippen molar-refractivity contribution in [2.24, 2.45) is 0 Å². The van der Waals surface area contributed by atoms with Gasteiger partial charge < -0.3 is 25.4 Å². The van der Waals surface area contributed by atoms with Gasteiger partial charge in [-0.25, -0.2) is 4.79 Å². The summed E-state index contributed by atoms with van der Waals surface area (Å²) in [4.78, 5) is 40.2. The van der Waals surface area contributed by atoms with Crippen LogP contribution in [0.1, 0.15) is 51.8 Å². The van der Waals surface area contributed by atoms with Crippen LogP contribution in [-0.2, 0) is 14.3 Å². The van der Waals surface area contributed by atoms with Crippen molar-refractivity contribution in [2.45, 2.75) is 65.3 Å². The number of nitrogens with zero attached hydrogens (tertiary/aromatic N) is 1. The van der Waals surface area contributed by atoms with Gasteiger partial charge in [-0.2, -0.15) is 12.6 Å². The Morgan fingerprint density at radius 1 is 1.25 bits per heavy atom. The van der Waals surface area contributed by atoms with Crippen molar-refractivity contribution >= 4 is 30.5 Å². The smallest absolute Gasteiger partial charge is 0.408 e. The fourth-order valence-corrected chi connectivity index (χ4v) is 3.23. The lowest BCUT2D eigenvalue weighted by Crippen LogP contribution is -2.54. The predicted molar refractivity (Wildman–Crippen MR) is 128 cm³/mol. The minimum Gasteiger partial charge on any atom is -0.508 e. The van der Waals surface area contributed by atoms with Crippen molar-refractivity contribution in [3.05, 3.63) is 42.0 Å². The summed E-state index contributed by atoms with van der Waals surface area (Å²) in [5, 5.41) is 15.3. The summed E-state index contributed by atoms with van der Waals surface area (Å²) >= 11 is 4.22. The predicted octanol–water partition coefficient (Wildman–Crippen LogP) is 3.10. The van der Waals surface area contributed by atoms with Crippen LogP contribution in [0.3, 0.4) is 0 Å². The number of aryl methyl sites for hydroxylation is 1. The fourth-order valence-electron chi connectivity index (χ4n) is 2.98. The maximum Gasteiger partial charge on any atom is 0.408 e. The third-order valence-corrected chi connectivity index (χ3v) is 4.67. The van der Waals surface area contributed by atoms with E-state index in [1.54, 1.807) is 39.8 Å². The van der Waals surface area contributed by atoms with Gasteiger partial charge >= 0.3 is 6.09 Å². The Labute approximate surface area is 195 Å². The van der Waals surface area contributed by atoms with Crippen molar-refractivity contribution < 1.29 is 24.2 Å². The number of aromatic hydroxyl groups is 1. The molecular formula is C23H35N3O5S. The number of carbonyl (C=O) groups excluding carboxylic acids is 3. The van der Waals surface area contributed by atoms with Crippen molar-refractivity contribution in [3.8, 4) is 5.75 Å². The summed E-state index contributed by atoms with van der Waals surface area (Å²) in [5.41, 5.74) is 0.343. The Bertz CT molecular complexity index is 835. The van der Waals surface area contributed by atoms with Crippen LogP contribution in [0, 0.1) is 6.92 Å². The first-order valence-electron chi connectivity index (χ1n) is 10.4. The zero-order valence-corrected chi connectivity index (χ0v) is 20.5. The van der Waals surface area contributed by atoms with Gasteiger partial charge in [0.15, 0.2) is 0 Å². The average molecular weight is 466 g/mol. The van der Waals surface area contributed by atoms with Crippen molar-refractivity contribution in [2.75, 3.05) is 12.3 Å². The van der Waals surface area contributed by atoms with Gasteiger partial charge in [0.2, 0.25) is 11.8 Å².